The van der Waals surface area contributed by atoms with Crippen LogP contribution in [0, 0.1) is 11.3 Å². The van der Waals surface area contributed by atoms with Crippen LogP contribution in [0.5, 0.6) is 5.75 Å². The lowest BCUT2D eigenvalue weighted by Crippen LogP contribution is -2.62. The Bertz CT molecular complexity index is 652. The van der Waals surface area contributed by atoms with Gasteiger partial charge < -0.3 is 9.84 Å². The molecule has 1 aromatic carbocycles. The maximum atomic E-state index is 12.6. The van der Waals surface area contributed by atoms with E-state index >= 15 is 0 Å². The van der Waals surface area contributed by atoms with Crippen LogP contribution in [0.2, 0.25) is 0 Å². The van der Waals surface area contributed by atoms with Crippen molar-refractivity contribution in [1.82, 2.24) is 0 Å². The van der Waals surface area contributed by atoms with Crippen LogP contribution in [0.25, 0.3) is 0 Å². The highest BCUT2D eigenvalue weighted by molar-refractivity contribution is 5.87. The zero-order valence-corrected chi connectivity index (χ0v) is 14.1. The zero-order chi connectivity index (χ0) is 16.2. The summed E-state index contributed by atoms with van der Waals surface area (Å²) in [6.07, 6.45) is 6.03. The van der Waals surface area contributed by atoms with Gasteiger partial charge in [0.1, 0.15) is 11.5 Å². The number of hydrogen-bond donors (Lipinski definition) is 1. The Kier molecular flexibility index (Phi) is 3.35. The first-order chi connectivity index (χ1) is 11.0. The Balaban J connectivity index is 1.75. The fourth-order valence-corrected chi connectivity index (χ4v) is 5.65. The molecule has 2 saturated carbocycles. The van der Waals surface area contributed by atoms with Crippen LogP contribution in [-0.2, 0) is 11.2 Å². The minimum absolute atomic E-state index is 0.214. The summed E-state index contributed by atoms with van der Waals surface area (Å²) in [5, 5.41) is 11.6. The summed E-state index contributed by atoms with van der Waals surface area (Å²) >= 11 is 0. The average molecular weight is 314 g/mol. The fraction of sp³-hybridized carbons (Fsp3) is 0.650. The highest BCUT2D eigenvalue weighted by atomic mass is 16.5. The molecule has 4 rings (SSSR count). The van der Waals surface area contributed by atoms with Crippen LogP contribution in [0.1, 0.15) is 62.5 Å². The number of carbonyl (C=O) groups is 1. The lowest BCUT2D eigenvalue weighted by atomic mass is 9.48. The van der Waals surface area contributed by atoms with E-state index < -0.39 is 11.0 Å². The average Bonchev–Trinajstić information content (AvgIpc) is 2.56. The van der Waals surface area contributed by atoms with Gasteiger partial charge in [-0.15, -0.1) is 0 Å². The first-order valence-electron chi connectivity index (χ1n) is 8.92. The Morgan fingerprint density at radius 2 is 2.04 bits per heavy atom. The van der Waals surface area contributed by atoms with Crippen LogP contribution in [0.3, 0.4) is 0 Å². The van der Waals surface area contributed by atoms with Crippen molar-refractivity contribution in [1.29, 1.82) is 0 Å². The SMILES string of the molecule is COc1ccc2c(c1)CC[C@@H]1[C@H]2CC[C@]2(C)C(=O)CCC[C@@]12O. The summed E-state index contributed by atoms with van der Waals surface area (Å²) in [4.78, 5) is 12.6. The van der Waals surface area contributed by atoms with E-state index in [2.05, 4.69) is 12.1 Å². The van der Waals surface area contributed by atoms with Gasteiger partial charge in [0.05, 0.1) is 18.1 Å². The number of methoxy groups -OCH3 is 1. The van der Waals surface area contributed by atoms with E-state index in [1.165, 1.54) is 11.1 Å². The lowest BCUT2D eigenvalue weighted by molar-refractivity contribution is -0.186. The number of Topliss-reactive ketones (excluding diaryl/α,β-unsaturated/α-hetero) is 1. The molecule has 2 fully saturated rings. The Labute approximate surface area is 138 Å². The normalized spacial score (nSPS) is 39.2. The third kappa shape index (κ3) is 1.95. The number of rotatable bonds is 1. The molecule has 0 spiro atoms. The second-order valence-corrected chi connectivity index (χ2v) is 7.89. The molecule has 0 heterocycles. The number of carbonyl (C=O) groups excluding carboxylic acids is 1. The first kappa shape index (κ1) is 15.2. The third-order valence-corrected chi connectivity index (χ3v) is 7.06. The van der Waals surface area contributed by atoms with Gasteiger partial charge in [0.25, 0.3) is 0 Å². The topological polar surface area (TPSA) is 46.5 Å². The van der Waals surface area contributed by atoms with Gasteiger partial charge in [0.2, 0.25) is 0 Å². The predicted octanol–water partition coefficient (Wildman–Crippen LogP) is 3.63. The summed E-state index contributed by atoms with van der Waals surface area (Å²) in [6.45, 7) is 2.02. The molecule has 124 valence electrons. The molecule has 0 aliphatic heterocycles. The van der Waals surface area contributed by atoms with E-state index in [4.69, 9.17) is 4.74 Å². The molecule has 0 saturated heterocycles. The highest BCUT2D eigenvalue weighted by Crippen LogP contribution is 2.60. The molecule has 0 radical (unpaired) electrons. The molecule has 1 aromatic rings. The smallest absolute Gasteiger partial charge is 0.141 e. The summed E-state index contributed by atoms with van der Waals surface area (Å²) in [6, 6.07) is 6.36. The van der Waals surface area contributed by atoms with Gasteiger partial charge in [-0.25, -0.2) is 0 Å². The summed E-state index contributed by atoms with van der Waals surface area (Å²) in [5.41, 5.74) is 1.38. The van der Waals surface area contributed by atoms with E-state index in [9.17, 15) is 9.90 Å². The Morgan fingerprint density at radius 1 is 1.22 bits per heavy atom. The molecule has 0 aromatic heterocycles. The quantitative estimate of drug-likeness (QED) is 0.861. The summed E-state index contributed by atoms with van der Waals surface area (Å²) in [7, 11) is 1.70. The Morgan fingerprint density at radius 3 is 2.83 bits per heavy atom. The second-order valence-electron chi connectivity index (χ2n) is 7.89. The fourth-order valence-electron chi connectivity index (χ4n) is 5.65. The van der Waals surface area contributed by atoms with E-state index in [-0.39, 0.29) is 11.7 Å². The van der Waals surface area contributed by atoms with Crippen molar-refractivity contribution in [2.45, 2.75) is 63.4 Å². The second kappa shape index (κ2) is 5.07. The molecule has 0 amide bonds. The number of aliphatic hydroxyl groups is 1. The summed E-state index contributed by atoms with van der Waals surface area (Å²) < 4.78 is 5.36. The van der Waals surface area contributed by atoms with Crippen molar-refractivity contribution in [3.05, 3.63) is 29.3 Å². The lowest BCUT2D eigenvalue weighted by Gasteiger charge is -2.58. The van der Waals surface area contributed by atoms with Crippen molar-refractivity contribution in [3.63, 3.8) is 0 Å². The van der Waals surface area contributed by atoms with Crippen molar-refractivity contribution in [2.24, 2.45) is 11.3 Å². The number of ether oxygens (including phenoxy) is 1. The largest absolute Gasteiger partial charge is 0.497 e. The van der Waals surface area contributed by atoms with E-state index in [0.29, 0.717) is 12.3 Å². The summed E-state index contributed by atoms with van der Waals surface area (Å²) in [5.74, 6) is 1.79. The predicted molar refractivity (Wildman–Crippen MR) is 88.7 cm³/mol. The molecule has 4 atom stereocenters. The number of ketones is 1. The van der Waals surface area contributed by atoms with Gasteiger partial charge in [-0.3, -0.25) is 4.79 Å². The molecule has 3 heteroatoms. The number of fused-ring (bicyclic) bond motifs is 5. The first-order valence-corrected chi connectivity index (χ1v) is 8.92. The molecule has 0 unspecified atom stereocenters. The number of aryl methyl sites for hydroxylation is 1. The van der Waals surface area contributed by atoms with Gasteiger partial charge in [0.15, 0.2) is 0 Å². The molecular weight excluding hydrogens is 288 g/mol. The van der Waals surface area contributed by atoms with Crippen LogP contribution in [-0.4, -0.2) is 23.6 Å². The van der Waals surface area contributed by atoms with Crippen LogP contribution < -0.4 is 4.74 Å². The van der Waals surface area contributed by atoms with Crippen LogP contribution >= 0.6 is 0 Å². The molecule has 0 bridgehead atoms. The maximum Gasteiger partial charge on any atom is 0.141 e. The molecule has 3 nitrogen and oxygen atoms in total. The van der Waals surface area contributed by atoms with E-state index in [1.54, 1.807) is 7.11 Å². The highest BCUT2D eigenvalue weighted by Gasteiger charge is 2.61. The third-order valence-electron chi connectivity index (χ3n) is 7.06. The number of hydrogen-bond acceptors (Lipinski definition) is 3. The van der Waals surface area contributed by atoms with Crippen molar-refractivity contribution < 1.29 is 14.6 Å². The van der Waals surface area contributed by atoms with Gasteiger partial charge in [-0.05, 0) is 80.5 Å². The van der Waals surface area contributed by atoms with Gasteiger partial charge >= 0.3 is 0 Å². The molecule has 1 N–H and O–H groups in total. The van der Waals surface area contributed by atoms with Gasteiger partial charge in [-0.2, -0.15) is 0 Å². The number of benzene rings is 1. The van der Waals surface area contributed by atoms with Crippen LogP contribution in [0.4, 0.5) is 0 Å². The molecular formula is C20H26O3. The molecule has 3 aliphatic rings. The standard InChI is InChI=1S/C20H26O3/c1-19-11-9-16-15-7-6-14(23-2)12-13(15)5-8-17(16)20(19,22)10-3-4-18(19)21/h6-7,12,16-17,22H,3-5,8-11H2,1-2H3/t16-,17+,19+,20+/m0/s1. The van der Waals surface area contributed by atoms with Crippen molar-refractivity contribution >= 4 is 5.78 Å². The van der Waals surface area contributed by atoms with Crippen LogP contribution in [0.15, 0.2) is 18.2 Å². The van der Waals surface area contributed by atoms with Gasteiger partial charge in [-0.1, -0.05) is 6.07 Å². The van der Waals surface area contributed by atoms with E-state index in [1.807, 2.05) is 13.0 Å². The maximum absolute atomic E-state index is 12.6. The minimum Gasteiger partial charge on any atom is -0.497 e. The monoisotopic (exact) mass is 314 g/mol. The molecule has 3 aliphatic carbocycles. The minimum atomic E-state index is -0.817. The van der Waals surface area contributed by atoms with Crippen molar-refractivity contribution in [3.8, 4) is 5.75 Å². The van der Waals surface area contributed by atoms with Crippen molar-refractivity contribution in [2.75, 3.05) is 7.11 Å². The Hall–Kier alpha value is -1.35. The van der Waals surface area contributed by atoms with Gasteiger partial charge in [0, 0.05) is 6.42 Å². The zero-order valence-electron chi connectivity index (χ0n) is 14.1. The molecule has 23 heavy (non-hydrogen) atoms. The van der Waals surface area contributed by atoms with E-state index in [0.717, 1.165) is 44.3 Å².